The summed E-state index contributed by atoms with van der Waals surface area (Å²) in [5.41, 5.74) is 0. The minimum atomic E-state index is -1.03. The van der Waals surface area contributed by atoms with Crippen LogP contribution in [0.15, 0.2) is 0 Å². The number of carboxylic acid groups (broad SMARTS) is 1. The zero-order chi connectivity index (χ0) is 13.0. The van der Waals surface area contributed by atoms with Crippen molar-refractivity contribution >= 4 is 17.8 Å². The maximum atomic E-state index is 12.1. The number of nitrogens with one attached hydrogen (secondary N) is 1. The molecule has 0 bridgehead atoms. The van der Waals surface area contributed by atoms with Crippen LogP contribution >= 0.6 is 0 Å². The highest BCUT2D eigenvalue weighted by Crippen LogP contribution is 2.15. The minimum Gasteiger partial charge on any atom is -0.480 e. The van der Waals surface area contributed by atoms with Crippen molar-refractivity contribution in [3.63, 3.8) is 0 Å². The van der Waals surface area contributed by atoms with Gasteiger partial charge in [0.05, 0.1) is 5.92 Å². The van der Waals surface area contributed by atoms with E-state index in [1.807, 2.05) is 13.8 Å². The first-order valence-electron chi connectivity index (χ1n) is 5.74. The molecule has 2 atom stereocenters. The van der Waals surface area contributed by atoms with Crippen molar-refractivity contribution in [1.82, 2.24) is 10.2 Å². The highest BCUT2D eigenvalue weighted by molar-refractivity contribution is 5.90. The molecular weight excluding hydrogens is 224 g/mol. The summed E-state index contributed by atoms with van der Waals surface area (Å²) in [6.45, 7) is 3.71. The van der Waals surface area contributed by atoms with E-state index >= 15 is 0 Å². The van der Waals surface area contributed by atoms with Crippen LogP contribution in [0.5, 0.6) is 0 Å². The van der Waals surface area contributed by atoms with Crippen molar-refractivity contribution in [3.8, 4) is 0 Å². The lowest BCUT2D eigenvalue weighted by molar-refractivity contribution is -0.148. The van der Waals surface area contributed by atoms with Gasteiger partial charge in [-0.2, -0.15) is 0 Å². The molecule has 2 amide bonds. The zero-order valence-corrected chi connectivity index (χ0v) is 10.1. The lowest BCUT2D eigenvalue weighted by Gasteiger charge is -2.28. The van der Waals surface area contributed by atoms with Crippen LogP contribution in [0, 0.1) is 5.92 Å². The van der Waals surface area contributed by atoms with Crippen LogP contribution in [0.4, 0.5) is 0 Å². The summed E-state index contributed by atoms with van der Waals surface area (Å²) in [6.07, 6.45) is 0.846. The van der Waals surface area contributed by atoms with E-state index in [4.69, 9.17) is 5.11 Å². The van der Waals surface area contributed by atoms with Crippen molar-refractivity contribution in [2.24, 2.45) is 5.92 Å². The Labute approximate surface area is 100.0 Å². The maximum Gasteiger partial charge on any atom is 0.323 e. The van der Waals surface area contributed by atoms with Crippen LogP contribution in [0.3, 0.4) is 0 Å². The van der Waals surface area contributed by atoms with Gasteiger partial charge in [0.1, 0.15) is 6.54 Å². The number of hydrogen-bond acceptors (Lipinski definition) is 3. The first-order valence-corrected chi connectivity index (χ1v) is 5.74. The Bertz CT molecular complexity index is 329. The van der Waals surface area contributed by atoms with Crippen LogP contribution in [-0.4, -0.2) is 46.9 Å². The molecule has 0 aromatic carbocycles. The summed E-state index contributed by atoms with van der Waals surface area (Å²) in [7, 11) is 0. The Morgan fingerprint density at radius 1 is 1.59 bits per heavy atom. The van der Waals surface area contributed by atoms with Gasteiger partial charge in [-0.1, -0.05) is 6.92 Å². The van der Waals surface area contributed by atoms with Crippen LogP contribution in [0.25, 0.3) is 0 Å². The van der Waals surface area contributed by atoms with E-state index < -0.39 is 11.9 Å². The van der Waals surface area contributed by atoms with Crippen LogP contribution in [0.2, 0.25) is 0 Å². The number of hydrogen-bond donors (Lipinski definition) is 2. The van der Waals surface area contributed by atoms with Crippen molar-refractivity contribution in [2.45, 2.75) is 32.7 Å². The standard InChI is InChI=1S/C11H18N2O4/c1-3-7(2)13(6-10(15)16)11(17)8-4-9(14)12-5-8/h7-8H,3-6H2,1-2H3,(H,12,14)(H,15,16)/t7-,8+/m0/s1. The van der Waals surface area contributed by atoms with E-state index in [-0.39, 0.29) is 30.8 Å². The lowest BCUT2D eigenvalue weighted by Crippen LogP contribution is -2.45. The van der Waals surface area contributed by atoms with Crippen LogP contribution in [-0.2, 0) is 14.4 Å². The SMILES string of the molecule is CC[C@H](C)N(CC(=O)O)C(=O)[C@H]1CNC(=O)C1. The largest absolute Gasteiger partial charge is 0.480 e. The third kappa shape index (κ3) is 3.44. The van der Waals surface area contributed by atoms with E-state index in [0.717, 1.165) is 0 Å². The third-order valence-corrected chi connectivity index (χ3v) is 3.04. The molecule has 0 radical (unpaired) electrons. The lowest BCUT2D eigenvalue weighted by atomic mass is 10.1. The molecule has 0 aliphatic carbocycles. The first kappa shape index (κ1) is 13.5. The summed E-state index contributed by atoms with van der Waals surface area (Å²) < 4.78 is 0. The fraction of sp³-hybridized carbons (Fsp3) is 0.727. The summed E-state index contributed by atoms with van der Waals surface area (Å²) in [5, 5.41) is 11.4. The van der Waals surface area contributed by atoms with Gasteiger partial charge < -0.3 is 15.3 Å². The van der Waals surface area contributed by atoms with Crippen LogP contribution < -0.4 is 5.32 Å². The van der Waals surface area contributed by atoms with Gasteiger partial charge in [-0.05, 0) is 13.3 Å². The molecule has 0 spiro atoms. The maximum absolute atomic E-state index is 12.1. The molecule has 0 unspecified atom stereocenters. The van der Waals surface area contributed by atoms with Gasteiger partial charge >= 0.3 is 5.97 Å². The Morgan fingerprint density at radius 2 is 2.24 bits per heavy atom. The molecule has 0 aromatic rings. The normalized spacial score (nSPS) is 20.8. The average Bonchev–Trinajstić information content (AvgIpc) is 2.70. The smallest absolute Gasteiger partial charge is 0.323 e. The number of carbonyl (C=O) groups excluding carboxylic acids is 2. The number of nitrogens with zero attached hydrogens (tertiary/aromatic N) is 1. The number of carbonyl (C=O) groups is 3. The topological polar surface area (TPSA) is 86.7 Å². The molecule has 6 heteroatoms. The van der Waals surface area contributed by atoms with E-state index in [0.29, 0.717) is 13.0 Å². The predicted molar refractivity (Wildman–Crippen MR) is 60.2 cm³/mol. The Hall–Kier alpha value is -1.59. The van der Waals surface area contributed by atoms with Gasteiger partial charge in [-0.3, -0.25) is 14.4 Å². The molecule has 0 aromatic heterocycles. The van der Waals surface area contributed by atoms with E-state index in [9.17, 15) is 14.4 Å². The van der Waals surface area contributed by atoms with E-state index in [2.05, 4.69) is 5.32 Å². The molecule has 1 heterocycles. The molecule has 1 saturated heterocycles. The molecule has 1 aliphatic heterocycles. The molecule has 6 nitrogen and oxygen atoms in total. The highest BCUT2D eigenvalue weighted by Gasteiger charge is 2.33. The second-order valence-corrected chi connectivity index (χ2v) is 4.32. The second kappa shape index (κ2) is 5.65. The third-order valence-electron chi connectivity index (χ3n) is 3.04. The molecule has 0 saturated carbocycles. The van der Waals surface area contributed by atoms with Gasteiger partial charge in [0.2, 0.25) is 11.8 Å². The molecule has 96 valence electrons. The molecule has 2 N–H and O–H groups in total. The zero-order valence-electron chi connectivity index (χ0n) is 10.1. The van der Waals surface area contributed by atoms with Crippen molar-refractivity contribution < 1.29 is 19.5 Å². The van der Waals surface area contributed by atoms with Gasteiger partial charge in [-0.15, -0.1) is 0 Å². The fourth-order valence-corrected chi connectivity index (χ4v) is 1.83. The molecule has 1 rings (SSSR count). The number of aliphatic carboxylic acids is 1. The average molecular weight is 242 g/mol. The number of carboxylic acids is 1. The quantitative estimate of drug-likeness (QED) is 0.701. The summed E-state index contributed by atoms with van der Waals surface area (Å²) in [5.74, 6) is -1.85. The molecule has 1 aliphatic rings. The minimum absolute atomic E-state index is 0.130. The Morgan fingerprint density at radius 3 is 2.65 bits per heavy atom. The van der Waals surface area contributed by atoms with E-state index in [1.54, 1.807) is 0 Å². The summed E-state index contributed by atoms with van der Waals surface area (Å²) in [4.78, 5) is 35.2. The monoisotopic (exact) mass is 242 g/mol. The molecule has 1 fully saturated rings. The predicted octanol–water partition coefficient (Wildman–Crippen LogP) is -0.166. The Kier molecular flexibility index (Phi) is 4.48. The van der Waals surface area contributed by atoms with Gasteiger partial charge in [0.15, 0.2) is 0 Å². The molecule has 17 heavy (non-hydrogen) atoms. The van der Waals surface area contributed by atoms with Crippen molar-refractivity contribution in [2.75, 3.05) is 13.1 Å². The van der Waals surface area contributed by atoms with Gasteiger partial charge in [-0.25, -0.2) is 0 Å². The number of rotatable bonds is 5. The highest BCUT2D eigenvalue weighted by atomic mass is 16.4. The Balaban J connectivity index is 2.71. The van der Waals surface area contributed by atoms with Crippen molar-refractivity contribution in [1.29, 1.82) is 0 Å². The van der Waals surface area contributed by atoms with Gasteiger partial charge in [0, 0.05) is 19.0 Å². The van der Waals surface area contributed by atoms with Crippen LogP contribution in [0.1, 0.15) is 26.7 Å². The van der Waals surface area contributed by atoms with Gasteiger partial charge in [0.25, 0.3) is 0 Å². The second-order valence-electron chi connectivity index (χ2n) is 4.32. The summed E-state index contributed by atoms with van der Waals surface area (Å²) in [6, 6.07) is -0.130. The molecular formula is C11H18N2O4. The van der Waals surface area contributed by atoms with E-state index in [1.165, 1.54) is 4.90 Å². The van der Waals surface area contributed by atoms with Crippen molar-refractivity contribution in [3.05, 3.63) is 0 Å². The first-order chi connectivity index (χ1) is 7.95. The fourth-order valence-electron chi connectivity index (χ4n) is 1.83. The summed E-state index contributed by atoms with van der Waals surface area (Å²) >= 11 is 0. The number of amides is 2.